The second kappa shape index (κ2) is 12.5. The minimum Gasteiger partial charge on any atom is -0.491 e. The van der Waals surface area contributed by atoms with Crippen molar-refractivity contribution < 1.29 is 28.3 Å². The average molecular weight is 360 g/mol. The lowest BCUT2D eigenvalue weighted by atomic mass is 10.1. The maximum absolute atomic E-state index is 11.0. The molecule has 0 aliphatic carbocycles. The van der Waals surface area contributed by atoms with Crippen LogP contribution in [-0.2, 0) is 13.8 Å². The molecule has 7 heteroatoms. The van der Waals surface area contributed by atoms with E-state index < -0.39 is 13.9 Å². The number of hydrogen-bond donors (Lipinski definition) is 2. The highest BCUT2D eigenvalue weighted by molar-refractivity contribution is 7.46. The van der Waals surface area contributed by atoms with Crippen molar-refractivity contribution in [3.63, 3.8) is 0 Å². The Morgan fingerprint density at radius 2 is 1.75 bits per heavy atom. The van der Waals surface area contributed by atoms with E-state index in [1.807, 2.05) is 30.3 Å². The number of para-hydroxylation sites is 1. The van der Waals surface area contributed by atoms with Gasteiger partial charge in [-0.3, -0.25) is 4.52 Å². The minimum atomic E-state index is -4.50. The third-order valence-electron chi connectivity index (χ3n) is 3.46. The van der Waals surface area contributed by atoms with E-state index in [4.69, 9.17) is 23.8 Å². The van der Waals surface area contributed by atoms with Crippen LogP contribution in [0.25, 0.3) is 0 Å². The van der Waals surface area contributed by atoms with E-state index >= 15 is 0 Å². The fourth-order valence-electron chi connectivity index (χ4n) is 2.29. The largest absolute Gasteiger partial charge is 0.491 e. The molecule has 1 aromatic rings. The van der Waals surface area contributed by atoms with Gasteiger partial charge in [0.2, 0.25) is 0 Å². The van der Waals surface area contributed by atoms with Crippen LogP contribution < -0.4 is 4.74 Å². The zero-order valence-corrected chi connectivity index (χ0v) is 15.2. The maximum Gasteiger partial charge on any atom is 0.469 e. The van der Waals surface area contributed by atoms with Crippen molar-refractivity contribution in [1.29, 1.82) is 0 Å². The van der Waals surface area contributed by atoms with Gasteiger partial charge in [0.25, 0.3) is 0 Å². The van der Waals surface area contributed by atoms with Gasteiger partial charge < -0.3 is 19.3 Å². The summed E-state index contributed by atoms with van der Waals surface area (Å²) in [4.78, 5) is 18.0. The van der Waals surface area contributed by atoms with Gasteiger partial charge in [0.05, 0.1) is 19.3 Å². The summed E-state index contributed by atoms with van der Waals surface area (Å²) >= 11 is 0. The van der Waals surface area contributed by atoms with Crippen LogP contribution in [0.15, 0.2) is 30.3 Å². The quantitative estimate of drug-likeness (QED) is 0.386. The Morgan fingerprint density at radius 1 is 1.04 bits per heavy atom. The first-order chi connectivity index (χ1) is 11.5. The van der Waals surface area contributed by atoms with Gasteiger partial charge in [-0.2, -0.15) is 0 Å². The highest BCUT2D eigenvalue weighted by atomic mass is 31.2. The molecule has 0 fully saturated rings. The van der Waals surface area contributed by atoms with Gasteiger partial charge in [0, 0.05) is 0 Å². The van der Waals surface area contributed by atoms with E-state index in [2.05, 4.69) is 6.92 Å². The SMILES string of the molecule is CCCCCCCC(COCCOc1ccccc1)OP(=O)(O)O. The molecule has 0 spiro atoms. The molecular weight excluding hydrogens is 331 g/mol. The summed E-state index contributed by atoms with van der Waals surface area (Å²) in [6.07, 6.45) is 5.36. The molecule has 0 aromatic heterocycles. The van der Waals surface area contributed by atoms with Gasteiger partial charge in [-0.25, -0.2) is 4.57 Å². The summed E-state index contributed by atoms with van der Waals surface area (Å²) in [5, 5.41) is 0. The fraction of sp³-hybridized carbons (Fsp3) is 0.647. The Labute approximate surface area is 144 Å². The normalized spacial score (nSPS) is 13.0. The van der Waals surface area contributed by atoms with Crippen LogP contribution in [0.1, 0.15) is 45.4 Å². The molecule has 1 aromatic carbocycles. The standard InChI is InChI=1S/C17H29O6P/c1-2-3-4-5-7-12-17(23-24(18,19)20)15-21-13-14-22-16-10-8-6-9-11-16/h6,8-11,17H,2-5,7,12-15H2,1H3,(H2,18,19,20). The topological polar surface area (TPSA) is 85.2 Å². The molecule has 1 rings (SSSR count). The summed E-state index contributed by atoms with van der Waals surface area (Å²) in [6.45, 7) is 3.01. The highest BCUT2D eigenvalue weighted by Gasteiger charge is 2.22. The second-order valence-corrected chi connectivity index (χ2v) is 6.85. The molecule has 138 valence electrons. The van der Waals surface area contributed by atoms with Crippen molar-refractivity contribution in [3.8, 4) is 5.75 Å². The molecule has 0 radical (unpaired) electrons. The molecule has 0 heterocycles. The second-order valence-electron chi connectivity index (χ2n) is 5.66. The monoisotopic (exact) mass is 360 g/mol. The molecule has 6 nitrogen and oxygen atoms in total. The zero-order chi connectivity index (χ0) is 17.7. The van der Waals surface area contributed by atoms with Gasteiger partial charge >= 0.3 is 7.82 Å². The Balaban J connectivity index is 2.21. The summed E-state index contributed by atoms with van der Waals surface area (Å²) < 4.78 is 26.8. The smallest absolute Gasteiger partial charge is 0.469 e. The molecule has 0 aliphatic rings. The summed E-state index contributed by atoms with van der Waals surface area (Å²) in [7, 11) is -4.50. The number of benzene rings is 1. The average Bonchev–Trinajstić information content (AvgIpc) is 2.53. The van der Waals surface area contributed by atoms with Gasteiger partial charge in [-0.1, -0.05) is 57.2 Å². The number of ether oxygens (including phenoxy) is 2. The predicted octanol–water partition coefficient (Wildman–Crippen LogP) is 3.92. The lowest BCUT2D eigenvalue weighted by molar-refractivity contribution is 0.0182. The van der Waals surface area contributed by atoms with E-state index in [0.29, 0.717) is 19.6 Å². The lowest BCUT2D eigenvalue weighted by Gasteiger charge is -2.18. The van der Waals surface area contributed by atoms with E-state index in [1.165, 1.54) is 6.42 Å². The van der Waals surface area contributed by atoms with Gasteiger partial charge in [-0.15, -0.1) is 0 Å². The third kappa shape index (κ3) is 11.6. The highest BCUT2D eigenvalue weighted by Crippen LogP contribution is 2.38. The first-order valence-corrected chi connectivity index (χ1v) is 10.0. The first-order valence-electron chi connectivity index (χ1n) is 8.51. The molecule has 0 saturated carbocycles. The van der Waals surface area contributed by atoms with E-state index in [0.717, 1.165) is 31.4 Å². The number of phosphoric acid groups is 1. The lowest BCUT2D eigenvalue weighted by Crippen LogP contribution is -2.21. The van der Waals surface area contributed by atoms with Crippen molar-refractivity contribution in [2.75, 3.05) is 19.8 Å². The molecular formula is C17H29O6P. The number of rotatable bonds is 14. The summed E-state index contributed by atoms with van der Waals surface area (Å²) in [6, 6.07) is 9.40. The third-order valence-corrected chi connectivity index (χ3v) is 4.03. The molecule has 0 amide bonds. The van der Waals surface area contributed by atoms with Crippen LogP contribution >= 0.6 is 7.82 Å². The Morgan fingerprint density at radius 3 is 2.42 bits per heavy atom. The van der Waals surface area contributed by atoms with Crippen LogP contribution in [0.4, 0.5) is 0 Å². The molecule has 2 N–H and O–H groups in total. The fourth-order valence-corrected chi connectivity index (χ4v) is 2.84. The van der Waals surface area contributed by atoms with Crippen LogP contribution in [0.3, 0.4) is 0 Å². The first kappa shape index (κ1) is 21.1. The molecule has 0 saturated heterocycles. The van der Waals surface area contributed by atoms with Crippen molar-refractivity contribution in [2.45, 2.75) is 51.6 Å². The Hall–Kier alpha value is -0.910. The van der Waals surface area contributed by atoms with Crippen LogP contribution in [0, 0.1) is 0 Å². The molecule has 24 heavy (non-hydrogen) atoms. The van der Waals surface area contributed by atoms with Crippen molar-refractivity contribution >= 4 is 7.82 Å². The van der Waals surface area contributed by atoms with Crippen LogP contribution in [0.5, 0.6) is 5.75 Å². The predicted molar refractivity (Wildman–Crippen MR) is 93.0 cm³/mol. The minimum absolute atomic E-state index is 0.150. The van der Waals surface area contributed by atoms with Gasteiger partial charge in [0.1, 0.15) is 12.4 Å². The number of phosphoric ester groups is 1. The van der Waals surface area contributed by atoms with Gasteiger partial charge in [-0.05, 0) is 18.6 Å². The van der Waals surface area contributed by atoms with E-state index in [1.54, 1.807) is 0 Å². The van der Waals surface area contributed by atoms with Gasteiger partial charge in [0.15, 0.2) is 0 Å². The molecule has 0 aliphatic heterocycles. The van der Waals surface area contributed by atoms with Crippen LogP contribution in [0.2, 0.25) is 0 Å². The number of hydrogen-bond acceptors (Lipinski definition) is 4. The Kier molecular flexibility index (Phi) is 11.0. The van der Waals surface area contributed by atoms with Crippen molar-refractivity contribution in [2.24, 2.45) is 0 Å². The summed E-state index contributed by atoms with van der Waals surface area (Å²) in [5.74, 6) is 0.764. The molecule has 1 atom stereocenters. The molecule has 0 bridgehead atoms. The van der Waals surface area contributed by atoms with Crippen molar-refractivity contribution in [3.05, 3.63) is 30.3 Å². The molecule has 1 unspecified atom stereocenters. The number of unbranched alkanes of at least 4 members (excludes halogenated alkanes) is 4. The Bertz CT molecular complexity index is 461. The maximum atomic E-state index is 11.0. The van der Waals surface area contributed by atoms with E-state index in [9.17, 15) is 4.57 Å². The van der Waals surface area contributed by atoms with Crippen molar-refractivity contribution in [1.82, 2.24) is 0 Å². The van der Waals surface area contributed by atoms with Crippen LogP contribution in [-0.4, -0.2) is 35.7 Å². The zero-order valence-electron chi connectivity index (χ0n) is 14.3. The van der Waals surface area contributed by atoms with E-state index in [-0.39, 0.29) is 6.61 Å². The summed E-state index contributed by atoms with van der Waals surface area (Å²) in [5.41, 5.74) is 0.